The average Bonchev–Trinajstić information content (AvgIpc) is 0.721. The fourth-order valence-corrected chi connectivity index (χ4v) is 21.4. The van der Waals surface area contributed by atoms with Gasteiger partial charge in [0.25, 0.3) is 0 Å². The summed E-state index contributed by atoms with van der Waals surface area (Å²) in [4.78, 5) is 0. The summed E-state index contributed by atoms with van der Waals surface area (Å²) in [5.41, 5.74) is 23.0. The first-order valence-electron chi connectivity index (χ1n) is 38.3. The number of hydrogen-bond donors (Lipinski definition) is 0. The molecule has 92 heavy (non-hydrogen) atoms. The van der Waals surface area contributed by atoms with Crippen LogP contribution in [0, 0.1) is 129 Å². The summed E-state index contributed by atoms with van der Waals surface area (Å²) in [6, 6.07) is 34.0. The second-order valence-corrected chi connectivity index (χ2v) is 39.2. The molecule has 0 aromatic heterocycles. The minimum absolute atomic E-state index is 0.0243. The molecular formula is C92H144. The van der Waals surface area contributed by atoms with Gasteiger partial charge in [0.2, 0.25) is 0 Å². The van der Waals surface area contributed by atoms with Crippen LogP contribution in [-0.2, 0) is 0 Å². The maximum atomic E-state index is 9.51. The van der Waals surface area contributed by atoms with Gasteiger partial charge in [0.15, 0.2) is 0 Å². The average molecular weight is 1250 g/mol. The molecule has 0 saturated heterocycles. The molecule has 0 atom stereocenters. The second-order valence-electron chi connectivity index (χ2n) is 39.2. The van der Waals surface area contributed by atoms with Crippen LogP contribution in [0.5, 0.6) is 0 Å². The Balaban J connectivity index is 0.000000188. The van der Waals surface area contributed by atoms with Crippen molar-refractivity contribution in [1.82, 2.24) is 0 Å². The molecule has 0 heterocycles. The predicted molar refractivity (Wildman–Crippen MR) is 410 cm³/mol. The number of rotatable bonds is 5. The van der Waals surface area contributed by atoms with Crippen molar-refractivity contribution < 1.29 is 4.11 Å². The molecule has 0 amide bonds. The van der Waals surface area contributed by atoms with Crippen LogP contribution in [0.4, 0.5) is 0 Å². The molecule has 0 spiro atoms. The first-order valence-corrected chi connectivity index (χ1v) is 36.8. The Morgan fingerprint density at radius 3 is 0.804 bits per heavy atom. The van der Waals surface area contributed by atoms with Gasteiger partial charge in [0, 0.05) is 4.11 Å². The lowest BCUT2D eigenvalue weighted by Gasteiger charge is -2.56. The van der Waals surface area contributed by atoms with E-state index in [4.69, 9.17) is 1.37 Å². The summed E-state index contributed by atoms with van der Waals surface area (Å²) in [6.45, 7) is 74.0. The van der Waals surface area contributed by atoms with Crippen molar-refractivity contribution >= 4 is 0 Å². The molecule has 5 aromatic rings. The third-order valence-corrected chi connectivity index (χ3v) is 24.2. The molecule has 0 nitrogen and oxygen atoms in total. The molecule has 0 heteroatoms. The first kappa shape index (κ1) is 72.4. The Bertz CT molecular complexity index is 3370. The van der Waals surface area contributed by atoms with Crippen molar-refractivity contribution in [1.29, 1.82) is 0 Å². The van der Waals surface area contributed by atoms with Gasteiger partial charge in [-0.15, -0.1) is 0 Å². The number of hydrogen-bond acceptors (Lipinski definition) is 0. The maximum absolute atomic E-state index is 9.51. The van der Waals surface area contributed by atoms with E-state index in [0.29, 0.717) is 49.7 Å². The lowest BCUT2D eigenvalue weighted by Crippen LogP contribution is -2.45. The van der Waals surface area contributed by atoms with Crippen LogP contribution < -0.4 is 0 Å². The van der Waals surface area contributed by atoms with Crippen LogP contribution >= 0.6 is 0 Å². The van der Waals surface area contributed by atoms with Crippen molar-refractivity contribution in [3.63, 3.8) is 0 Å². The Labute approximate surface area is 575 Å². The Kier molecular flexibility index (Phi) is 22.2. The molecule has 5 aliphatic rings. The monoisotopic (exact) mass is 1250 g/mol. The minimum atomic E-state index is -0.548. The van der Waals surface area contributed by atoms with E-state index in [1.54, 1.807) is 11.1 Å². The Morgan fingerprint density at radius 2 is 0.489 bits per heavy atom. The first-order chi connectivity index (χ1) is 42.9. The highest BCUT2D eigenvalue weighted by atomic mass is 14.6. The summed E-state index contributed by atoms with van der Waals surface area (Å²) >= 11 is 0. The molecule has 0 unspecified atom stereocenters. The van der Waals surface area contributed by atoms with Crippen molar-refractivity contribution in [2.24, 2.45) is 59.6 Å². The molecule has 5 saturated carbocycles. The third kappa shape index (κ3) is 19.0. The number of benzene rings is 5. The van der Waals surface area contributed by atoms with Gasteiger partial charge in [0.1, 0.15) is 0 Å². The summed E-state index contributed by atoms with van der Waals surface area (Å²) < 4.78 is 27.6. The molecule has 5 fully saturated rings. The highest BCUT2D eigenvalue weighted by molar-refractivity contribution is 5.39. The lowest BCUT2D eigenvalue weighted by atomic mass is 9.49. The van der Waals surface area contributed by atoms with Gasteiger partial charge in [-0.05, 0) is 319 Å². The van der Waals surface area contributed by atoms with E-state index in [0.717, 1.165) is 38.5 Å². The van der Waals surface area contributed by atoms with Gasteiger partial charge in [-0.2, -0.15) is 0 Å². The maximum Gasteiger partial charge on any atom is 0.0363 e. The summed E-state index contributed by atoms with van der Waals surface area (Å²) in [7, 11) is 0. The number of aryl methyl sites for hydroxylation is 10. The summed E-state index contributed by atoms with van der Waals surface area (Å²) in [5, 5.41) is 0. The van der Waals surface area contributed by atoms with E-state index >= 15 is 0 Å². The standard InChI is InChI=1S/2C20H32.2C18H28.C16H24/c2*1-14-9-10-16(11-15(14)2)17-19(5,6)12-18(3,4)13-20(17,7)8;2*1-13-8-9-15(12-14(13)2)16-17(3,4)10-7-11-18(16,5)6;1-12-5-6-15(11-13(12)2)14-7-9-16(3,4)10-8-14/h2*9-11,17H,12-13H2,1-8H3;2*8-9,12,16H,7,10-11H2,1-6H3;5-6,11,14H,7-10H2,1-4H3/i17D;;16D;;14D. The van der Waals surface area contributed by atoms with Crippen LogP contribution in [0.3, 0.4) is 0 Å². The smallest absolute Gasteiger partial charge is 0.0363 e. The van der Waals surface area contributed by atoms with Crippen LogP contribution in [0.15, 0.2) is 91.0 Å². The van der Waals surface area contributed by atoms with Crippen molar-refractivity contribution in [2.45, 2.75) is 341 Å². The normalized spacial score (nSPS) is 24.8. The summed E-state index contributed by atoms with van der Waals surface area (Å²) in [5.74, 6) is -0.0704. The van der Waals surface area contributed by atoms with E-state index in [9.17, 15) is 2.74 Å². The van der Waals surface area contributed by atoms with E-state index in [2.05, 4.69) is 313 Å². The largest absolute Gasteiger partial charge is 0.0599 e. The molecule has 5 aromatic carbocycles. The fraction of sp³-hybridized carbons (Fsp3) is 0.674. The van der Waals surface area contributed by atoms with Crippen molar-refractivity contribution in [2.75, 3.05) is 0 Å². The molecule has 512 valence electrons. The quantitative estimate of drug-likeness (QED) is 0.165. The van der Waals surface area contributed by atoms with Gasteiger partial charge in [-0.3, -0.25) is 0 Å². The Morgan fingerprint density at radius 1 is 0.250 bits per heavy atom. The van der Waals surface area contributed by atoms with E-state index < -0.39 is 11.8 Å². The van der Waals surface area contributed by atoms with Gasteiger partial charge in [0.05, 0.1) is 0 Å². The third-order valence-electron chi connectivity index (χ3n) is 24.2. The molecule has 0 radical (unpaired) electrons. The molecular weight excluding hydrogens is 1110 g/mol. The van der Waals surface area contributed by atoms with E-state index in [1.807, 2.05) is 0 Å². The van der Waals surface area contributed by atoms with Crippen LogP contribution in [0.2, 0.25) is 0 Å². The van der Waals surface area contributed by atoms with Gasteiger partial charge in [-0.1, -0.05) is 256 Å². The summed E-state index contributed by atoms with van der Waals surface area (Å²) in [6.07, 6.45) is 16.8. The predicted octanol–water partition coefficient (Wildman–Crippen LogP) is 28.8. The van der Waals surface area contributed by atoms with E-state index in [1.165, 1.54) is 124 Å². The fourth-order valence-electron chi connectivity index (χ4n) is 21.4. The SMILES string of the molecule is Cc1ccc(C2C(C)(C)CC(C)(C)CC2(C)C)cc1C.Cc1ccc(C2C(C)(C)CCCC2(C)C)cc1C.[2H]C1(c2ccc(C)c(C)c2)C(C)(C)CC(C)(C)CC1(C)C.[2H]C1(c2ccc(C)c(C)c2)C(C)(C)CCCC1(C)C.[2H]C1(c2ccc(C)c(C)c2)CCC(C)(C)CC1. The highest BCUT2D eigenvalue weighted by Crippen LogP contribution is 2.64. The van der Waals surface area contributed by atoms with Crippen LogP contribution in [-0.4, -0.2) is 0 Å². The molecule has 5 aliphatic carbocycles. The van der Waals surface area contributed by atoms with Crippen molar-refractivity contribution in [3.05, 3.63) is 174 Å². The van der Waals surface area contributed by atoms with Gasteiger partial charge < -0.3 is 0 Å². The topological polar surface area (TPSA) is 0 Å². The molecule has 0 bridgehead atoms. The lowest BCUT2D eigenvalue weighted by molar-refractivity contribution is -0.0100. The minimum Gasteiger partial charge on any atom is -0.0599 e. The van der Waals surface area contributed by atoms with Gasteiger partial charge >= 0.3 is 0 Å². The van der Waals surface area contributed by atoms with Crippen molar-refractivity contribution in [3.8, 4) is 0 Å². The zero-order valence-corrected chi connectivity index (χ0v) is 66.2. The zero-order valence-electron chi connectivity index (χ0n) is 69.2. The zero-order chi connectivity index (χ0) is 72.3. The second kappa shape index (κ2) is 28.3. The van der Waals surface area contributed by atoms with E-state index in [-0.39, 0.29) is 27.6 Å². The molecule has 0 N–H and O–H groups in total. The molecule has 10 rings (SSSR count). The van der Waals surface area contributed by atoms with Gasteiger partial charge in [-0.25, -0.2) is 0 Å². The Hall–Kier alpha value is -3.90. The van der Waals surface area contributed by atoms with Crippen LogP contribution in [0.25, 0.3) is 0 Å². The van der Waals surface area contributed by atoms with Crippen LogP contribution in [0.1, 0.15) is 359 Å². The highest BCUT2D eigenvalue weighted by Gasteiger charge is 2.53. The molecule has 0 aliphatic heterocycles.